The van der Waals surface area contributed by atoms with Crippen molar-refractivity contribution in [1.29, 1.82) is 0 Å². The van der Waals surface area contributed by atoms with Crippen LogP contribution in [0.5, 0.6) is 0 Å². The lowest BCUT2D eigenvalue weighted by Crippen LogP contribution is -2.09. The van der Waals surface area contributed by atoms with Crippen LogP contribution in [0.1, 0.15) is 41.0 Å². The summed E-state index contributed by atoms with van der Waals surface area (Å²) in [7, 11) is 0. The topological polar surface area (TPSA) is 52.6 Å². The highest BCUT2D eigenvalue weighted by Crippen LogP contribution is 1.94. The van der Waals surface area contributed by atoms with Gasteiger partial charge in [-0.15, -0.1) is 0 Å². The molecule has 0 aromatic carbocycles. The van der Waals surface area contributed by atoms with Crippen molar-refractivity contribution in [3.05, 3.63) is 0 Å². The number of esters is 2. The molecule has 0 spiro atoms. The average molecular weight is 204 g/mol. The second kappa shape index (κ2) is 10.0. The van der Waals surface area contributed by atoms with Gasteiger partial charge in [0.05, 0.1) is 12.7 Å². The SMILES string of the molecule is CCC(C)OC(C)=O.CCOC(C)=O. The minimum absolute atomic E-state index is 0.0764. The van der Waals surface area contributed by atoms with E-state index in [1.54, 1.807) is 6.92 Å². The molecule has 0 aliphatic carbocycles. The molecule has 4 heteroatoms. The summed E-state index contributed by atoms with van der Waals surface area (Å²) in [5.41, 5.74) is 0. The lowest BCUT2D eigenvalue weighted by Gasteiger charge is -2.06. The van der Waals surface area contributed by atoms with E-state index in [-0.39, 0.29) is 18.0 Å². The van der Waals surface area contributed by atoms with E-state index in [1.165, 1.54) is 13.8 Å². The summed E-state index contributed by atoms with van der Waals surface area (Å²) in [6, 6.07) is 0. The van der Waals surface area contributed by atoms with E-state index in [4.69, 9.17) is 4.74 Å². The Balaban J connectivity index is 0. The Kier molecular flexibility index (Phi) is 11.0. The second-order valence-electron chi connectivity index (χ2n) is 2.75. The molecule has 0 radical (unpaired) electrons. The number of carbonyl (C=O) groups is 2. The fraction of sp³-hybridized carbons (Fsp3) is 0.800. The van der Waals surface area contributed by atoms with E-state index >= 15 is 0 Å². The van der Waals surface area contributed by atoms with E-state index in [1.807, 2.05) is 13.8 Å². The Bertz CT molecular complexity index is 166. The molecule has 1 unspecified atom stereocenters. The third kappa shape index (κ3) is 17.1. The second-order valence-corrected chi connectivity index (χ2v) is 2.75. The maximum atomic E-state index is 10.2. The zero-order valence-corrected chi connectivity index (χ0v) is 9.62. The first-order valence-corrected chi connectivity index (χ1v) is 4.74. The van der Waals surface area contributed by atoms with Crippen molar-refractivity contribution in [3.8, 4) is 0 Å². The zero-order valence-electron chi connectivity index (χ0n) is 9.62. The Hall–Kier alpha value is -1.06. The Morgan fingerprint density at radius 1 is 1.14 bits per heavy atom. The summed E-state index contributed by atoms with van der Waals surface area (Å²) in [5.74, 6) is -0.406. The van der Waals surface area contributed by atoms with Crippen molar-refractivity contribution >= 4 is 11.9 Å². The minimum Gasteiger partial charge on any atom is -0.466 e. The van der Waals surface area contributed by atoms with Gasteiger partial charge in [0.15, 0.2) is 0 Å². The van der Waals surface area contributed by atoms with Crippen molar-refractivity contribution in [3.63, 3.8) is 0 Å². The quantitative estimate of drug-likeness (QED) is 0.659. The van der Waals surface area contributed by atoms with Gasteiger partial charge >= 0.3 is 11.9 Å². The number of hydrogen-bond acceptors (Lipinski definition) is 4. The third-order valence-electron chi connectivity index (χ3n) is 1.29. The van der Waals surface area contributed by atoms with E-state index in [0.29, 0.717) is 6.61 Å². The maximum Gasteiger partial charge on any atom is 0.302 e. The van der Waals surface area contributed by atoms with Crippen LogP contribution < -0.4 is 0 Å². The van der Waals surface area contributed by atoms with Crippen LogP contribution in [0.25, 0.3) is 0 Å². The molecule has 0 aromatic rings. The molecule has 0 amide bonds. The average Bonchev–Trinajstić information content (AvgIpc) is 2.03. The number of carbonyl (C=O) groups excluding carboxylic acids is 2. The standard InChI is InChI=1S/C6H12O2.C4H8O2/c1-4-5(2)8-6(3)7;1-3-6-4(2)5/h5H,4H2,1-3H3;3H2,1-2H3. The van der Waals surface area contributed by atoms with Gasteiger partial charge in [-0.05, 0) is 20.3 Å². The predicted molar refractivity (Wildman–Crippen MR) is 53.8 cm³/mol. The van der Waals surface area contributed by atoms with Crippen molar-refractivity contribution in [1.82, 2.24) is 0 Å². The van der Waals surface area contributed by atoms with Gasteiger partial charge in [0.2, 0.25) is 0 Å². The summed E-state index contributed by atoms with van der Waals surface area (Å²) < 4.78 is 9.16. The van der Waals surface area contributed by atoms with Crippen LogP contribution >= 0.6 is 0 Å². The normalized spacial score (nSPS) is 10.6. The molecule has 0 aliphatic rings. The fourth-order valence-electron chi connectivity index (χ4n) is 0.570. The smallest absolute Gasteiger partial charge is 0.302 e. The summed E-state index contributed by atoms with van der Waals surface area (Å²) in [6.07, 6.45) is 0.965. The zero-order chi connectivity index (χ0) is 11.6. The van der Waals surface area contributed by atoms with Crippen LogP contribution in [0.4, 0.5) is 0 Å². The van der Waals surface area contributed by atoms with Gasteiger partial charge in [-0.1, -0.05) is 6.92 Å². The molecule has 0 aromatic heterocycles. The Labute approximate surface area is 85.6 Å². The van der Waals surface area contributed by atoms with Crippen LogP contribution in [-0.4, -0.2) is 24.6 Å². The highest BCUT2D eigenvalue weighted by Gasteiger charge is 1.99. The fourth-order valence-corrected chi connectivity index (χ4v) is 0.570. The van der Waals surface area contributed by atoms with E-state index in [9.17, 15) is 9.59 Å². The molecule has 1 atom stereocenters. The van der Waals surface area contributed by atoms with E-state index < -0.39 is 0 Å². The van der Waals surface area contributed by atoms with Crippen molar-refractivity contribution in [2.45, 2.75) is 47.1 Å². The Morgan fingerprint density at radius 3 is 1.71 bits per heavy atom. The minimum atomic E-state index is -0.211. The Morgan fingerprint density at radius 2 is 1.64 bits per heavy atom. The molecule has 14 heavy (non-hydrogen) atoms. The highest BCUT2D eigenvalue weighted by atomic mass is 16.5. The first-order chi connectivity index (χ1) is 6.43. The van der Waals surface area contributed by atoms with E-state index in [2.05, 4.69) is 4.74 Å². The molecule has 0 fully saturated rings. The van der Waals surface area contributed by atoms with Gasteiger partial charge in [0, 0.05) is 13.8 Å². The lowest BCUT2D eigenvalue weighted by molar-refractivity contribution is -0.145. The van der Waals surface area contributed by atoms with Crippen molar-refractivity contribution < 1.29 is 19.1 Å². The monoisotopic (exact) mass is 204 g/mol. The summed E-state index contributed by atoms with van der Waals surface area (Å²) in [6.45, 7) is 8.93. The largest absolute Gasteiger partial charge is 0.466 e. The molecule has 0 saturated carbocycles. The van der Waals surface area contributed by atoms with Gasteiger partial charge in [-0.25, -0.2) is 0 Å². The van der Waals surface area contributed by atoms with Crippen LogP contribution in [0.2, 0.25) is 0 Å². The summed E-state index contributed by atoms with van der Waals surface area (Å²) in [5, 5.41) is 0. The summed E-state index contributed by atoms with van der Waals surface area (Å²) in [4.78, 5) is 20.0. The molecule has 84 valence electrons. The molecular formula is C10H20O4. The number of ether oxygens (including phenoxy) is 2. The van der Waals surface area contributed by atoms with Crippen LogP contribution in [0.15, 0.2) is 0 Å². The van der Waals surface area contributed by atoms with Crippen LogP contribution in [0, 0.1) is 0 Å². The molecule has 0 N–H and O–H groups in total. The van der Waals surface area contributed by atoms with Crippen LogP contribution in [0.3, 0.4) is 0 Å². The van der Waals surface area contributed by atoms with Crippen molar-refractivity contribution in [2.75, 3.05) is 6.61 Å². The van der Waals surface area contributed by atoms with Gasteiger partial charge < -0.3 is 9.47 Å². The molecule has 0 aliphatic heterocycles. The van der Waals surface area contributed by atoms with Crippen molar-refractivity contribution in [2.24, 2.45) is 0 Å². The molecule has 0 heterocycles. The molecule has 0 rings (SSSR count). The maximum absolute atomic E-state index is 10.2. The third-order valence-corrected chi connectivity index (χ3v) is 1.29. The van der Waals surface area contributed by atoms with Gasteiger partial charge in [-0.2, -0.15) is 0 Å². The van der Waals surface area contributed by atoms with E-state index in [0.717, 1.165) is 6.42 Å². The predicted octanol–water partition coefficient (Wildman–Crippen LogP) is 1.92. The molecular weight excluding hydrogens is 184 g/mol. The molecule has 4 nitrogen and oxygen atoms in total. The van der Waals surface area contributed by atoms with Gasteiger partial charge in [0.1, 0.15) is 0 Å². The number of hydrogen-bond donors (Lipinski definition) is 0. The summed E-state index contributed by atoms with van der Waals surface area (Å²) >= 11 is 0. The lowest BCUT2D eigenvalue weighted by atomic mass is 10.3. The van der Waals surface area contributed by atoms with Crippen LogP contribution in [-0.2, 0) is 19.1 Å². The first kappa shape index (κ1) is 15.4. The molecule has 0 bridgehead atoms. The van der Waals surface area contributed by atoms with Gasteiger partial charge in [0.25, 0.3) is 0 Å². The molecule has 0 saturated heterocycles. The van der Waals surface area contributed by atoms with Gasteiger partial charge in [-0.3, -0.25) is 9.59 Å². The number of rotatable bonds is 3. The highest BCUT2D eigenvalue weighted by molar-refractivity contribution is 5.66. The first-order valence-electron chi connectivity index (χ1n) is 4.74.